The molecule has 2 unspecified atom stereocenters. The minimum atomic E-state index is 0.182. The normalized spacial score (nSPS) is 22.5. The van der Waals surface area contributed by atoms with Crippen molar-refractivity contribution in [1.82, 2.24) is 5.32 Å². The molecule has 0 bridgehead atoms. The molecule has 1 aliphatic rings. The third-order valence-electron chi connectivity index (χ3n) is 4.08. The molecule has 2 atom stereocenters. The van der Waals surface area contributed by atoms with Gasteiger partial charge in [0.15, 0.2) is 0 Å². The average molecular weight is 232 g/mol. The second-order valence-electron chi connectivity index (χ2n) is 5.43. The van der Waals surface area contributed by atoms with Gasteiger partial charge in [0.1, 0.15) is 0 Å². The molecular weight excluding hydrogens is 208 g/mol. The SMILES string of the molecule is Cc1cc(C)c(C(N)C2CCCNC2)cc1C. The number of rotatable bonds is 2. The number of piperidine rings is 1. The zero-order valence-corrected chi connectivity index (χ0v) is 11.2. The highest BCUT2D eigenvalue weighted by molar-refractivity contribution is 5.38. The lowest BCUT2D eigenvalue weighted by Crippen LogP contribution is -2.36. The quantitative estimate of drug-likeness (QED) is 0.822. The standard InChI is InChI=1S/C15H24N2/c1-10-7-12(3)14(8-11(10)2)15(16)13-5-4-6-17-9-13/h7-8,13,15,17H,4-6,9,16H2,1-3H3. The summed E-state index contributed by atoms with van der Waals surface area (Å²) >= 11 is 0. The van der Waals surface area contributed by atoms with Crippen molar-refractivity contribution >= 4 is 0 Å². The van der Waals surface area contributed by atoms with E-state index in [-0.39, 0.29) is 6.04 Å². The fourth-order valence-corrected chi connectivity index (χ4v) is 2.78. The van der Waals surface area contributed by atoms with Gasteiger partial charge in [0, 0.05) is 6.04 Å². The molecule has 1 aromatic rings. The molecule has 0 aliphatic carbocycles. The summed E-state index contributed by atoms with van der Waals surface area (Å²) in [5.74, 6) is 0.588. The van der Waals surface area contributed by atoms with E-state index in [1.165, 1.54) is 35.1 Å². The van der Waals surface area contributed by atoms with E-state index in [9.17, 15) is 0 Å². The van der Waals surface area contributed by atoms with Gasteiger partial charge in [-0.3, -0.25) is 0 Å². The summed E-state index contributed by atoms with van der Waals surface area (Å²) in [5, 5.41) is 3.45. The van der Waals surface area contributed by atoms with Gasteiger partial charge >= 0.3 is 0 Å². The zero-order valence-electron chi connectivity index (χ0n) is 11.2. The maximum atomic E-state index is 6.45. The molecule has 0 aromatic heterocycles. The Hall–Kier alpha value is -0.860. The van der Waals surface area contributed by atoms with Crippen LogP contribution in [0.15, 0.2) is 12.1 Å². The van der Waals surface area contributed by atoms with Gasteiger partial charge in [-0.05, 0) is 74.9 Å². The highest BCUT2D eigenvalue weighted by Crippen LogP contribution is 2.28. The molecule has 0 radical (unpaired) electrons. The van der Waals surface area contributed by atoms with E-state index in [1.807, 2.05) is 0 Å². The Morgan fingerprint density at radius 3 is 2.53 bits per heavy atom. The summed E-state index contributed by atoms with van der Waals surface area (Å²) in [6.07, 6.45) is 2.50. The van der Waals surface area contributed by atoms with Gasteiger partial charge in [-0.15, -0.1) is 0 Å². The molecule has 94 valence electrons. The zero-order chi connectivity index (χ0) is 12.4. The molecule has 3 N–H and O–H groups in total. The lowest BCUT2D eigenvalue weighted by molar-refractivity contribution is 0.325. The maximum absolute atomic E-state index is 6.45. The second-order valence-corrected chi connectivity index (χ2v) is 5.43. The second kappa shape index (κ2) is 5.19. The lowest BCUT2D eigenvalue weighted by Gasteiger charge is -2.29. The van der Waals surface area contributed by atoms with Crippen molar-refractivity contribution in [3.05, 3.63) is 34.4 Å². The minimum absolute atomic E-state index is 0.182. The Labute approximate surface area is 105 Å². The first-order valence-corrected chi connectivity index (χ1v) is 6.63. The first-order valence-electron chi connectivity index (χ1n) is 6.63. The highest BCUT2D eigenvalue weighted by atomic mass is 14.9. The summed E-state index contributed by atoms with van der Waals surface area (Å²) in [4.78, 5) is 0. The fourth-order valence-electron chi connectivity index (χ4n) is 2.78. The van der Waals surface area contributed by atoms with Crippen molar-refractivity contribution in [3.63, 3.8) is 0 Å². The molecule has 1 fully saturated rings. The van der Waals surface area contributed by atoms with Gasteiger partial charge in [0.05, 0.1) is 0 Å². The van der Waals surface area contributed by atoms with Crippen molar-refractivity contribution in [3.8, 4) is 0 Å². The van der Waals surface area contributed by atoms with Crippen molar-refractivity contribution in [2.45, 2.75) is 39.7 Å². The average Bonchev–Trinajstić information content (AvgIpc) is 2.34. The number of hydrogen-bond acceptors (Lipinski definition) is 2. The van der Waals surface area contributed by atoms with Gasteiger partial charge in [-0.25, -0.2) is 0 Å². The molecule has 0 spiro atoms. The summed E-state index contributed by atoms with van der Waals surface area (Å²) < 4.78 is 0. The van der Waals surface area contributed by atoms with Crippen molar-refractivity contribution in [1.29, 1.82) is 0 Å². The monoisotopic (exact) mass is 232 g/mol. The van der Waals surface area contributed by atoms with Crippen LogP contribution in [0.25, 0.3) is 0 Å². The van der Waals surface area contributed by atoms with Crippen LogP contribution in [0.5, 0.6) is 0 Å². The van der Waals surface area contributed by atoms with Crippen LogP contribution in [0.2, 0.25) is 0 Å². The van der Waals surface area contributed by atoms with Crippen molar-refractivity contribution in [2.75, 3.05) is 13.1 Å². The van der Waals surface area contributed by atoms with E-state index in [2.05, 4.69) is 38.2 Å². The third-order valence-corrected chi connectivity index (χ3v) is 4.08. The third kappa shape index (κ3) is 2.70. The summed E-state index contributed by atoms with van der Waals surface area (Å²) in [7, 11) is 0. The number of aryl methyl sites for hydroxylation is 3. The lowest BCUT2D eigenvalue weighted by atomic mass is 9.85. The maximum Gasteiger partial charge on any atom is 0.0338 e. The molecule has 0 saturated carbocycles. The van der Waals surface area contributed by atoms with Gasteiger partial charge in [0.25, 0.3) is 0 Å². The number of hydrogen-bond donors (Lipinski definition) is 2. The van der Waals surface area contributed by atoms with Gasteiger partial charge in [-0.1, -0.05) is 12.1 Å². The smallest absolute Gasteiger partial charge is 0.0338 e. The molecule has 2 rings (SSSR count). The Morgan fingerprint density at radius 2 is 1.88 bits per heavy atom. The van der Waals surface area contributed by atoms with Crippen molar-refractivity contribution < 1.29 is 0 Å². The van der Waals surface area contributed by atoms with E-state index < -0.39 is 0 Å². The summed E-state index contributed by atoms with van der Waals surface area (Å²) in [6.45, 7) is 8.73. The van der Waals surface area contributed by atoms with E-state index in [1.54, 1.807) is 0 Å². The largest absolute Gasteiger partial charge is 0.324 e. The molecule has 17 heavy (non-hydrogen) atoms. The van der Waals surface area contributed by atoms with E-state index in [0.29, 0.717) is 5.92 Å². The first-order chi connectivity index (χ1) is 8.09. The van der Waals surface area contributed by atoms with Gasteiger partial charge in [0.2, 0.25) is 0 Å². The molecule has 1 heterocycles. The van der Waals surface area contributed by atoms with Crippen molar-refractivity contribution in [2.24, 2.45) is 11.7 Å². The van der Waals surface area contributed by atoms with Crippen LogP contribution in [0.1, 0.15) is 41.1 Å². The highest BCUT2D eigenvalue weighted by Gasteiger charge is 2.23. The molecule has 2 heteroatoms. The van der Waals surface area contributed by atoms with E-state index in [4.69, 9.17) is 5.73 Å². The van der Waals surface area contributed by atoms with Crippen LogP contribution in [-0.4, -0.2) is 13.1 Å². The van der Waals surface area contributed by atoms with Crippen LogP contribution >= 0.6 is 0 Å². The van der Waals surface area contributed by atoms with E-state index in [0.717, 1.165) is 13.1 Å². The van der Waals surface area contributed by atoms with E-state index >= 15 is 0 Å². The van der Waals surface area contributed by atoms with Crippen LogP contribution in [-0.2, 0) is 0 Å². The number of nitrogens with two attached hydrogens (primary N) is 1. The Morgan fingerprint density at radius 1 is 1.18 bits per heavy atom. The van der Waals surface area contributed by atoms with Crippen LogP contribution < -0.4 is 11.1 Å². The molecular formula is C15H24N2. The van der Waals surface area contributed by atoms with Gasteiger partial charge < -0.3 is 11.1 Å². The summed E-state index contributed by atoms with van der Waals surface area (Å²) in [5.41, 5.74) is 11.8. The first kappa shape index (κ1) is 12.6. The van der Waals surface area contributed by atoms with Crippen LogP contribution in [0.3, 0.4) is 0 Å². The molecule has 1 saturated heterocycles. The topological polar surface area (TPSA) is 38.0 Å². The van der Waals surface area contributed by atoms with Gasteiger partial charge in [-0.2, -0.15) is 0 Å². The number of benzene rings is 1. The fraction of sp³-hybridized carbons (Fsp3) is 0.600. The molecule has 2 nitrogen and oxygen atoms in total. The Kier molecular flexibility index (Phi) is 3.85. The predicted octanol–water partition coefficient (Wildman–Crippen LogP) is 2.61. The van der Waals surface area contributed by atoms with Crippen LogP contribution in [0.4, 0.5) is 0 Å². The van der Waals surface area contributed by atoms with Crippen LogP contribution in [0, 0.1) is 26.7 Å². The summed E-state index contributed by atoms with van der Waals surface area (Å²) in [6, 6.07) is 4.73. The molecule has 1 aromatic carbocycles. The Bertz CT molecular complexity index is 392. The predicted molar refractivity (Wildman–Crippen MR) is 73.2 cm³/mol. The number of nitrogens with one attached hydrogen (secondary N) is 1. The molecule has 0 amide bonds. The minimum Gasteiger partial charge on any atom is -0.324 e. The Balaban J connectivity index is 2.23. The molecule has 1 aliphatic heterocycles.